The molecule has 0 unspecified atom stereocenters. The predicted octanol–water partition coefficient (Wildman–Crippen LogP) is 2.46. The van der Waals surface area contributed by atoms with E-state index >= 15 is 0 Å². The van der Waals surface area contributed by atoms with Crippen molar-refractivity contribution in [2.75, 3.05) is 13.6 Å². The Bertz CT molecular complexity index is 890. The lowest BCUT2D eigenvalue weighted by atomic mass is 10.2. The lowest BCUT2D eigenvalue weighted by Crippen LogP contribution is -2.35. The van der Waals surface area contributed by atoms with Crippen molar-refractivity contribution in [3.63, 3.8) is 0 Å². The molecule has 1 heterocycles. The minimum Gasteiger partial charge on any atom is -0.351 e. The molecule has 1 aromatic heterocycles. The van der Waals surface area contributed by atoms with Crippen LogP contribution in [0.4, 0.5) is 4.39 Å². The first-order chi connectivity index (χ1) is 12.0. The second-order valence-corrected chi connectivity index (χ2v) is 6.12. The van der Waals surface area contributed by atoms with Gasteiger partial charge in [-0.15, -0.1) is 0 Å². The van der Waals surface area contributed by atoms with Gasteiger partial charge in [0.25, 0.3) is 0 Å². The van der Waals surface area contributed by atoms with Crippen molar-refractivity contribution in [2.24, 2.45) is 7.05 Å². The highest BCUT2D eigenvalue weighted by molar-refractivity contribution is 5.78. The average molecular weight is 340 g/mol. The molecule has 1 N–H and O–H groups in total. The minimum absolute atomic E-state index is 0.149. The van der Waals surface area contributed by atoms with Crippen LogP contribution < -0.4 is 5.32 Å². The molecule has 0 aliphatic carbocycles. The van der Waals surface area contributed by atoms with E-state index in [1.54, 1.807) is 18.2 Å². The summed E-state index contributed by atoms with van der Waals surface area (Å²) < 4.78 is 15.6. The molecule has 0 saturated heterocycles. The van der Waals surface area contributed by atoms with Crippen LogP contribution in [0.3, 0.4) is 0 Å². The molecule has 1 amide bonds. The second kappa shape index (κ2) is 7.44. The van der Waals surface area contributed by atoms with Crippen LogP contribution >= 0.6 is 0 Å². The number of aryl methyl sites for hydroxylation is 1. The standard InChI is InChI=1S/C19H21FN4O/c1-23(12-18-22-16-9-5-6-10-17(16)24(18)2)13-19(25)21-11-14-7-3-4-8-15(14)20/h3-10H,11-13H2,1-2H3,(H,21,25). The molecule has 5 nitrogen and oxygen atoms in total. The van der Waals surface area contributed by atoms with E-state index in [2.05, 4.69) is 10.3 Å². The van der Waals surface area contributed by atoms with Crippen LogP contribution in [0.1, 0.15) is 11.4 Å². The number of hydrogen-bond acceptors (Lipinski definition) is 3. The molecule has 3 aromatic rings. The maximum absolute atomic E-state index is 13.6. The number of amides is 1. The highest BCUT2D eigenvalue weighted by atomic mass is 19.1. The molecule has 0 spiro atoms. The van der Waals surface area contributed by atoms with Gasteiger partial charge in [-0.1, -0.05) is 30.3 Å². The lowest BCUT2D eigenvalue weighted by Gasteiger charge is -2.16. The number of fused-ring (bicyclic) bond motifs is 1. The number of imidazole rings is 1. The van der Waals surface area contributed by atoms with Gasteiger partial charge < -0.3 is 9.88 Å². The Morgan fingerprint density at radius 1 is 1.20 bits per heavy atom. The fourth-order valence-electron chi connectivity index (χ4n) is 2.77. The Hall–Kier alpha value is -2.73. The molecule has 0 atom stereocenters. The number of rotatable bonds is 6. The van der Waals surface area contributed by atoms with Gasteiger partial charge in [0.05, 0.1) is 24.1 Å². The third kappa shape index (κ3) is 4.03. The summed E-state index contributed by atoms with van der Waals surface area (Å²) in [4.78, 5) is 18.6. The fraction of sp³-hybridized carbons (Fsp3) is 0.263. The zero-order valence-corrected chi connectivity index (χ0v) is 14.4. The summed E-state index contributed by atoms with van der Waals surface area (Å²) in [5.74, 6) is 0.436. The first-order valence-corrected chi connectivity index (χ1v) is 8.13. The highest BCUT2D eigenvalue weighted by Crippen LogP contribution is 2.15. The van der Waals surface area contributed by atoms with E-state index in [-0.39, 0.29) is 24.8 Å². The Morgan fingerprint density at radius 3 is 2.68 bits per heavy atom. The average Bonchev–Trinajstić information content (AvgIpc) is 2.90. The Labute approximate surface area is 146 Å². The van der Waals surface area contributed by atoms with Crippen molar-refractivity contribution in [3.05, 3.63) is 65.7 Å². The van der Waals surface area contributed by atoms with Gasteiger partial charge in [-0.05, 0) is 25.2 Å². The second-order valence-electron chi connectivity index (χ2n) is 6.12. The van der Waals surface area contributed by atoms with E-state index in [1.165, 1.54) is 6.07 Å². The lowest BCUT2D eigenvalue weighted by molar-refractivity contribution is -0.122. The van der Waals surface area contributed by atoms with Gasteiger partial charge in [-0.2, -0.15) is 0 Å². The van der Waals surface area contributed by atoms with E-state index in [9.17, 15) is 9.18 Å². The quantitative estimate of drug-likeness (QED) is 0.750. The SMILES string of the molecule is CN(CC(=O)NCc1ccccc1F)Cc1nc2ccccc2n1C. The van der Waals surface area contributed by atoms with Gasteiger partial charge >= 0.3 is 0 Å². The number of carbonyl (C=O) groups excluding carboxylic acids is 1. The maximum atomic E-state index is 13.6. The number of hydrogen-bond donors (Lipinski definition) is 1. The minimum atomic E-state index is -0.309. The van der Waals surface area contributed by atoms with Crippen LogP contribution in [-0.2, 0) is 24.9 Å². The van der Waals surface area contributed by atoms with E-state index in [0.29, 0.717) is 12.1 Å². The fourth-order valence-corrected chi connectivity index (χ4v) is 2.77. The van der Waals surface area contributed by atoms with Crippen LogP contribution in [0.2, 0.25) is 0 Å². The number of halogens is 1. The molecule has 6 heteroatoms. The number of carbonyl (C=O) groups is 1. The predicted molar refractivity (Wildman–Crippen MR) is 95.3 cm³/mol. The van der Waals surface area contributed by atoms with Gasteiger partial charge in [-0.25, -0.2) is 9.37 Å². The third-order valence-corrected chi connectivity index (χ3v) is 4.14. The smallest absolute Gasteiger partial charge is 0.234 e. The summed E-state index contributed by atoms with van der Waals surface area (Å²) in [6.07, 6.45) is 0. The summed E-state index contributed by atoms with van der Waals surface area (Å²) >= 11 is 0. The van der Waals surface area contributed by atoms with Crippen molar-refractivity contribution in [2.45, 2.75) is 13.1 Å². The van der Waals surface area contributed by atoms with E-state index in [0.717, 1.165) is 16.9 Å². The van der Waals surface area contributed by atoms with Crippen molar-refractivity contribution < 1.29 is 9.18 Å². The molecule has 0 radical (unpaired) electrons. The monoisotopic (exact) mass is 340 g/mol. The van der Waals surface area contributed by atoms with Crippen molar-refractivity contribution in [1.29, 1.82) is 0 Å². The van der Waals surface area contributed by atoms with Gasteiger partial charge in [0.1, 0.15) is 11.6 Å². The number of para-hydroxylation sites is 2. The van der Waals surface area contributed by atoms with Gasteiger partial charge in [-0.3, -0.25) is 9.69 Å². The van der Waals surface area contributed by atoms with Crippen LogP contribution in [-0.4, -0.2) is 34.0 Å². The summed E-state index contributed by atoms with van der Waals surface area (Å²) in [6.45, 7) is 0.960. The molecule has 0 bridgehead atoms. The van der Waals surface area contributed by atoms with Gasteiger partial charge in [0, 0.05) is 19.2 Å². The zero-order chi connectivity index (χ0) is 17.8. The number of likely N-dealkylation sites (N-methyl/N-ethyl adjacent to an activating group) is 1. The van der Waals surface area contributed by atoms with Crippen LogP contribution in [0, 0.1) is 5.82 Å². The topological polar surface area (TPSA) is 50.2 Å². The highest BCUT2D eigenvalue weighted by Gasteiger charge is 2.12. The Balaban J connectivity index is 1.56. The van der Waals surface area contributed by atoms with Gasteiger partial charge in [0.2, 0.25) is 5.91 Å². The zero-order valence-electron chi connectivity index (χ0n) is 14.4. The number of aromatic nitrogens is 2. The normalized spacial score (nSPS) is 11.2. The Morgan fingerprint density at radius 2 is 1.92 bits per heavy atom. The van der Waals surface area contributed by atoms with Crippen LogP contribution in [0.5, 0.6) is 0 Å². The summed E-state index contributed by atoms with van der Waals surface area (Å²) in [7, 11) is 3.83. The molecule has 130 valence electrons. The van der Waals surface area contributed by atoms with E-state index < -0.39 is 0 Å². The largest absolute Gasteiger partial charge is 0.351 e. The summed E-state index contributed by atoms with van der Waals surface area (Å²) in [5.41, 5.74) is 2.49. The first kappa shape index (κ1) is 17.1. The van der Waals surface area contributed by atoms with E-state index in [1.807, 2.05) is 47.8 Å². The van der Waals surface area contributed by atoms with E-state index in [4.69, 9.17) is 0 Å². The maximum Gasteiger partial charge on any atom is 0.234 e. The molecular formula is C19H21FN4O. The molecule has 0 saturated carbocycles. The van der Waals surface area contributed by atoms with Crippen LogP contribution in [0.25, 0.3) is 11.0 Å². The van der Waals surface area contributed by atoms with Crippen molar-refractivity contribution in [1.82, 2.24) is 19.8 Å². The molecule has 0 fully saturated rings. The molecule has 0 aliphatic rings. The van der Waals surface area contributed by atoms with Gasteiger partial charge in [0.15, 0.2) is 0 Å². The number of benzene rings is 2. The molecular weight excluding hydrogens is 319 g/mol. The summed E-state index contributed by atoms with van der Waals surface area (Å²) in [6, 6.07) is 14.4. The molecule has 25 heavy (non-hydrogen) atoms. The molecule has 3 rings (SSSR count). The molecule has 0 aliphatic heterocycles. The van der Waals surface area contributed by atoms with Crippen LogP contribution in [0.15, 0.2) is 48.5 Å². The third-order valence-electron chi connectivity index (χ3n) is 4.14. The molecule has 2 aromatic carbocycles. The first-order valence-electron chi connectivity index (χ1n) is 8.13. The number of nitrogens with one attached hydrogen (secondary N) is 1. The number of nitrogens with zero attached hydrogens (tertiary/aromatic N) is 3. The Kier molecular flexibility index (Phi) is 5.09. The summed E-state index contributed by atoms with van der Waals surface area (Å²) in [5, 5.41) is 2.75. The van der Waals surface area contributed by atoms with Crippen molar-refractivity contribution >= 4 is 16.9 Å². The van der Waals surface area contributed by atoms with Crippen molar-refractivity contribution in [3.8, 4) is 0 Å².